The van der Waals surface area contributed by atoms with E-state index in [-0.39, 0.29) is 16.4 Å². The molecule has 0 fully saturated rings. The van der Waals surface area contributed by atoms with E-state index in [2.05, 4.69) is 15.2 Å². The summed E-state index contributed by atoms with van der Waals surface area (Å²) in [5.41, 5.74) is 1.10. The van der Waals surface area contributed by atoms with E-state index in [1.165, 1.54) is 30.3 Å². The predicted octanol–water partition coefficient (Wildman–Crippen LogP) is 2.95. The first kappa shape index (κ1) is 17.8. The molecule has 0 spiro atoms. The van der Waals surface area contributed by atoms with Gasteiger partial charge in [0, 0.05) is 6.07 Å². The molecule has 0 bridgehead atoms. The quantitative estimate of drug-likeness (QED) is 0.613. The van der Waals surface area contributed by atoms with E-state index >= 15 is 0 Å². The van der Waals surface area contributed by atoms with Crippen LogP contribution in [0.2, 0.25) is 0 Å². The van der Waals surface area contributed by atoms with Crippen LogP contribution in [0.4, 0.5) is 27.7 Å². The standard InChI is InChI=1S/C17H15N5O5S/c1-11-10-16(19-27-11)20-28(25,26)13-8-6-12(7-9-13)21-17(23)18-14-4-2-3-5-15(14)22(21)24/h2-10,24H,1H3,(H,18,23)(H,19,20). The second-order valence-corrected chi connectivity index (χ2v) is 7.65. The van der Waals surface area contributed by atoms with Crippen LogP contribution < -0.4 is 20.2 Å². The SMILES string of the molecule is Cc1cc(NS(=O)(=O)c2ccc(N3C(=O)Nc4ccccc4N3O)cc2)no1. The van der Waals surface area contributed by atoms with Crippen molar-refractivity contribution in [2.24, 2.45) is 0 Å². The molecular weight excluding hydrogens is 386 g/mol. The number of aryl methyl sites for hydroxylation is 1. The van der Waals surface area contributed by atoms with E-state index in [0.717, 1.165) is 5.01 Å². The fourth-order valence-corrected chi connectivity index (χ4v) is 3.70. The highest BCUT2D eigenvalue weighted by molar-refractivity contribution is 7.92. The van der Waals surface area contributed by atoms with Crippen LogP contribution in [0.5, 0.6) is 0 Å². The van der Waals surface area contributed by atoms with Gasteiger partial charge in [-0.1, -0.05) is 17.3 Å². The number of rotatable bonds is 4. The van der Waals surface area contributed by atoms with Crippen molar-refractivity contribution < 1.29 is 22.9 Å². The molecule has 3 aromatic rings. The van der Waals surface area contributed by atoms with Gasteiger partial charge in [0.15, 0.2) is 5.82 Å². The van der Waals surface area contributed by atoms with Crippen molar-refractivity contribution in [2.45, 2.75) is 11.8 Å². The van der Waals surface area contributed by atoms with Gasteiger partial charge >= 0.3 is 6.03 Å². The van der Waals surface area contributed by atoms with E-state index in [1.807, 2.05) is 0 Å². The van der Waals surface area contributed by atoms with Crippen molar-refractivity contribution in [3.8, 4) is 0 Å². The van der Waals surface area contributed by atoms with Crippen molar-refractivity contribution in [1.82, 2.24) is 5.16 Å². The molecule has 0 aliphatic carbocycles. The largest absolute Gasteiger partial charge is 0.360 e. The van der Waals surface area contributed by atoms with Crippen molar-refractivity contribution in [2.75, 3.05) is 20.2 Å². The Morgan fingerprint density at radius 3 is 2.54 bits per heavy atom. The number of para-hydroxylation sites is 2. The molecule has 1 aromatic heterocycles. The number of nitrogens with zero attached hydrogens (tertiary/aromatic N) is 3. The fourth-order valence-electron chi connectivity index (χ4n) is 2.72. The Hall–Kier alpha value is -3.57. The topological polar surface area (TPSA) is 128 Å². The molecule has 2 amide bonds. The zero-order valence-corrected chi connectivity index (χ0v) is 15.3. The summed E-state index contributed by atoms with van der Waals surface area (Å²) in [5, 5.41) is 18.3. The molecule has 1 aliphatic rings. The highest BCUT2D eigenvalue weighted by Gasteiger charge is 2.30. The number of anilines is 4. The highest BCUT2D eigenvalue weighted by atomic mass is 32.2. The van der Waals surface area contributed by atoms with Crippen LogP contribution >= 0.6 is 0 Å². The van der Waals surface area contributed by atoms with Crippen molar-refractivity contribution in [1.29, 1.82) is 0 Å². The lowest BCUT2D eigenvalue weighted by atomic mass is 10.2. The Morgan fingerprint density at radius 1 is 1.14 bits per heavy atom. The number of hydrogen-bond acceptors (Lipinski definition) is 7. The third-order valence-corrected chi connectivity index (χ3v) is 5.37. The molecule has 0 radical (unpaired) electrons. The lowest BCUT2D eigenvalue weighted by Crippen LogP contribution is -2.50. The first-order valence-corrected chi connectivity index (χ1v) is 9.59. The molecule has 11 heteroatoms. The van der Waals surface area contributed by atoms with Crippen LogP contribution in [0.15, 0.2) is 64.0 Å². The molecule has 2 aromatic carbocycles. The van der Waals surface area contributed by atoms with Crippen LogP contribution in [-0.2, 0) is 10.0 Å². The van der Waals surface area contributed by atoms with Crippen LogP contribution in [0.25, 0.3) is 0 Å². The molecule has 0 atom stereocenters. The monoisotopic (exact) mass is 401 g/mol. The van der Waals surface area contributed by atoms with Gasteiger partial charge in [0.05, 0.1) is 16.3 Å². The number of carbonyl (C=O) groups is 1. The van der Waals surface area contributed by atoms with Gasteiger partial charge in [-0.25, -0.2) is 13.2 Å². The van der Waals surface area contributed by atoms with Gasteiger partial charge in [0.2, 0.25) is 0 Å². The minimum Gasteiger partial charge on any atom is -0.360 e. The van der Waals surface area contributed by atoms with Gasteiger partial charge in [-0.2, -0.15) is 10.2 Å². The van der Waals surface area contributed by atoms with Crippen LogP contribution in [0.1, 0.15) is 5.76 Å². The normalized spacial score (nSPS) is 13.9. The summed E-state index contributed by atoms with van der Waals surface area (Å²) in [6.45, 7) is 1.64. The molecule has 0 saturated heterocycles. The number of fused-ring (bicyclic) bond motifs is 1. The second-order valence-electron chi connectivity index (χ2n) is 5.97. The van der Waals surface area contributed by atoms with E-state index in [4.69, 9.17) is 4.52 Å². The lowest BCUT2D eigenvalue weighted by Gasteiger charge is -2.36. The minimum atomic E-state index is -3.89. The smallest absolute Gasteiger partial charge is 0.347 e. The Kier molecular flexibility index (Phi) is 4.17. The predicted molar refractivity (Wildman–Crippen MR) is 101 cm³/mol. The molecule has 28 heavy (non-hydrogen) atoms. The van der Waals surface area contributed by atoms with E-state index in [0.29, 0.717) is 22.3 Å². The van der Waals surface area contributed by atoms with E-state index < -0.39 is 16.1 Å². The second kappa shape index (κ2) is 6.55. The Labute approximate surface area is 159 Å². The molecule has 4 rings (SSSR count). The Morgan fingerprint density at radius 2 is 1.86 bits per heavy atom. The third kappa shape index (κ3) is 3.12. The molecule has 2 heterocycles. The molecule has 144 valence electrons. The number of nitrogens with one attached hydrogen (secondary N) is 2. The number of hydrogen-bond donors (Lipinski definition) is 3. The van der Waals surface area contributed by atoms with Crippen LogP contribution in [0, 0.1) is 6.92 Å². The number of hydrazine groups is 1. The van der Waals surface area contributed by atoms with Gasteiger partial charge in [0.25, 0.3) is 10.0 Å². The number of sulfonamides is 1. The van der Waals surface area contributed by atoms with Gasteiger partial charge < -0.3 is 9.84 Å². The number of amides is 2. The highest BCUT2D eigenvalue weighted by Crippen LogP contribution is 2.33. The number of benzene rings is 2. The maximum absolute atomic E-state index is 12.4. The van der Waals surface area contributed by atoms with Crippen molar-refractivity contribution in [3.63, 3.8) is 0 Å². The molecule has 0 unspecified atom stereocenters. The summed E-state index contributed by atoms with van der Waals surface area (Å²) in [7, 11) is -3.89. The maximum atomic E-state index is 12.4. The summed E-state index contributed by atoms with van der Waals surface area (Å²) in [4.78, 5) is 12.3. The summed E-state index contributed by atoms with van der Waals surface area (Å²) in [5.74, 6) is 0.530. The maximum Gasteiger partial charge on any atom is 0.347 e. The summed E-state index contributed by atoms with van der Waals surface area (Å²) in [6.07, 6.45) is 0. The molecule has 1 aliphatic heterocycles. The Balaban J connectivity index is 1.60. The Bertz CT molecular complexity index is 1140. The average Bonchev–Trinajstić information content (AvgIpc) is 3.06. The van der Waals surface area contributed by atoms with Crippen molar-refractivity contribution >= 4 is 38.9 Å². The average molecular weight is 401 g/mol. The molecule has 3 N–H and O–H groups in total. The first-order chi connectivity index (χ1) is 13.3. The number of carbonyl (C=O) groups excluding carboxylic acids is 1. The zero-order chi connectivity index (χ0) is 19.9. The first-order valence-electron chi connectivity index (χ1n) is 8.10. The fraction of sp³-hybridized carbons (Fsp3) is 0.0588. The third-order valence-electron chi connectivity index (χ3n) is 4.00. The lowest BCUT2D eigenvalue weighted by molar-refractivity contribution is 0.221. The van der Waals surface area contributed by atoms with Gasteiger partial charge in [0.1, 0.15) is 11.4 Å². The molecular formula is C17H15N5O5S. The zero-order valence-electron chi connectivity index (χ0n) is 14.5. The van der Waals surface area contributed by atoms with Gasteiger partial charge in [-0.15, -0.1) is 0 Å². The summed E-state index contributed by atoms with van der Waals surface area (Å²) < 4.78 is 32.0. The van der Waals surface area contributed by atoms with E-state index in [1.54, 1.807) is 31.2 Å². The van der Waals surface area contributed by atoms with Crippen LogP contribution in [0.3, 0.4) is 0 Å². The molecule has 10 nitrogen and oxygen atoms in total. The number of aromatic nitrogens is 1. The summed E-state index contributed by atoms with van der Waals surface area (Å²) >= 11 is 0. The minimum absolute atomic E-state index is 0.0424. The van der Waals surface area contributed by atoms with Crippen LogP contribution in [-0.4, -0.2) is 24.8 Å². The van der Waals surface area contributed by atoms with Gasteiger partial charge in [-0.05, 0) is 43.3 Å². The summed E-state index contributed by atoms with van der Waals surface area (Å²) in [6, 6.07) is 13.0. The molecule has 0 saturated carbocycles. The van der Waals surface area contributed by atoms with Crippen molar-refractivity contribution in [3.05, 3.63) is 60.4 Å². The van der Waals surface area contributed by atoms with E-state index in [9.17, 15) is 18.4 Å². The van der Waals surface area contributed by atoms with Gasteiger partial charge in [-0.3, -0.25) is 9.93 Å². The number of urea groups is 1.